The minimum absolute atomic E-state index is 0.480. The van der Waals surface area contributed by atoms with E-state index in [2.05, 4.69) is 38.5 Å². The summed E-state index contributed by atoms with van der Waals surface area (Å²) in [6, 6.07) is 3.94. The van der Waals surface area contributed by atoms with Gasteiger partial charge in [0.1, 0.15) is 0 Å². The fraction of sp³-hybridized carbons (Fsp3) is 0.143. The Labute approximate surface area is 92.6 Å². The highest BCUT2D eigenvalue weighted by Gasteiger charge is 2.03. The predicted molar refractivity (Wildman–Crippen MR) is 59.8 cm³/mol. The lowest BCUT2D eigenvalue weighted by atomic mass is 10.2. The summed E-state index contributed by atoms with van der Waals surface area (Å²) in [5.74, 6) is 0. The number of nitrogens with two attached hydrogens (primary N) is 1. The molecule has 0 aliphatic rings. The minimum atomic E-state index is 0.480. The van der Waals surface area contributed by atoms with Crippen molar-refractivity contribution in [3.63, 3.8) is 0 Å². The minimum Gasteiger partial charge on any atom is -0.326 e. The van der Waals surface area contributed by atoms with Gasteiger partial charge in [0.2, 0.25) is 0 Å². The first kappa shape index (κ1) is 9.77. The van der Waals surface area contributed by atoms with Crippen LogP contribution in [-0.2, 0) is 6.54 Å². The van der Waals surface area contributed by atoms with E-state index in [0.29, 0.717) is 11.6 Å². The molecule has 0 heterocycles. The zero-order valence-electron chi connectivity index (χ0n) is 5.57. The van der Waals surface area contributed by atoms with Gasteiger partial charge in [-0.2, -0.15) is 0 Å². The van der Waals surface area contributed by atoms with Crippen LogP contribution in [0, 0.1) is 3.57 Å². The standard InChI is InChI=1S/C7H6BrClIN/c8-6-2-5(10)1-4(3-11)7(6)9/h1-2H,3,11H2. The second kappa shape index (κ2) is 4.07. The number of hydrogen-bond donors (Lipinski definition) is 1. The predicted octanol–water partition coefficient (Wildman–Crippen LogP) is 3.17. The zero-order chi connectivity index (χ0) is 8.43. The molecule has 0 atom stereocenters. The summed E-state index contributed by atoms with van der Waals surface area (Å²) in [7, 11) is 0. The maximum atomic E-state index is 5.94. The van der Waals surface area contributed by atoms with Gasteiger partial charge in [0.05, 0.1) is 5.02 Å². The van der Waals surface area contributed by atoms with Gasteiger partial charge in [-0.25, -0.2) is 0 Å². The van der Waals surface area contributed by atoms with Crippen LogP contribution < -0.4 is 5.73 Å². The third-order valence-electron chi connectivity index (χ3n) is 1.29. The summed E-state index contributed by atoms with van der Waals surface area (Å²) in [5.41, 5.74) is 6.46. The molecule has 1 aromatic carbocycles. The molecular formula is C7H6BrClIN. The van der Waals surface area contributed by atoms with Crippen molar-refractivity contribution in [1.29, 1.82) is 0 Å². The van der Waals surface area contributed by atoms with Crippen molar-refractivity contribution in [2.24, 2.45) is 5.73 Å². The highest BCUT2D eigenvalue weighted by atomic mass is 127. The van der Waals surface area contributed by atoms with Crippen molar-refractivity contribution in [3.05, 3.63) is 30.8 Å². The summed E-state index contributed by atoms with van der Waals surface area (Å²) < 4.78 is 2.05. The Morgan fingerprint density at radius 1 is 1.55 bits per heavy atom. The Kier molecular flexibility index (Phi) is 3.61. The van der Waals surface area contributed by atoms with E-state index in [9.17, 15) is 0 Å². The first-order valence-electron chi connectivity index (χ1n) is 2.98. The van der Waals surface area contributed by atoms with Crippen LogP contribution in [0.25, 0.3) is 0 Å². The van der Waals surface area contributed by atoms with Gasteiger partial charge >= 0.3 is 0 Å². The normalized spacial score (nSPS) is 10.2. The molecule has 0 amide bonds. The Balaban J connectivity index is 3.24. The monoisotopic (exact) mass is 345 g/mol. The third-order valence-corrected chi connectivity index (χ3v) is 3.21. The van der Waals surface area contributed by atoms with Crippen LogP contribution in [0.5, 0.6) is 0 Å². The van der Waals surface area contributed by atoms with Gasteiger partial charge < -0.3 is 5.73 Å². The summed E-state index contributed by atoms with van der Waals surface area (Å²) in [6.07, 6.45) is 0. The van der Waals surface area contributed by atoms with Crippen LogP contribution in [0.2, 0.25) is 5.02 Å². The summed E-state index contributed by atoms with van der Waals surface area (Å²) >= 11 is 11.5. The molecule has 0 saturated heterocycles. The molecule has 1 rings (SSSR count). The lowest BCUT2D eigenvalue weighted by molar-refractivity contribution is 1.07. The Morgan fingerprint density at radius 3 is 2.73 bits per heavy atom. The van der Waals surface area contributed by atoms with E-state index in [1.807, 2.05) is 12.1 Å². The number of rotatable bonds is 1. The molecule has 11 heavy (non-hydrogen) atoms. The zero-order valence-corrected chi connectivity index (χ0v) is 10.1. The van der Waals surface area contributed by atoms with Crippen LogP contribution in [0.1, 0.15) is 5.56 Å². The largest absolute Gasteiger partial charge is 0.326 e. The summed E-state index contributed by atoms with van der Waals surface area (Å²) in [6.45, 7) is 0.480. The van der Waals surface area contributed by atoms with Crippen LogP contribution in [0.3, 0.4) is 0 Å². The van der Waals surface area contributed by atoms with E-state index >= 15 is 0 Å². The van der Waals surface area contributed by atoms with E-state index in [1.54, 1.807) is 0 Å². The maximum Gasteiger partial charge on any atom is 0.0593 e. The number of halogens is 3. The van der Waals surface area contributed by atoms with Gasteiger partial charge in [0, 0.05) is 14.6 Å². The quantitative estimate of drug-likeness (QED) is 0.613. The molecule has 0 aromatic heterocycles. The van der Waals surface area contributed by atoms with Gasteiger partial charge in [0.25, 0.3) is 0 Å². The van der Waals surface area contributed by atoms with Crippen molar-refractivity contribution in [3.8, 4) is 0 Å². The SMILES string of the molecule is NCc1cc(I)cc(Br)c1Cl. The summed E-state index contributed by atoms with van der Waals surface area (Å²) in [4.78, 5) is 0. The van der Waals surface area contributed by atoms with Crippen LogP contribution in [-0.4, -0.2) is 0 Å². The molecule has 0 fully saturated rings. The molecule has 0 unspecified atom stereocenters. The Hall–Kier alpha value is 0.680. The van der Waals surface area contributed by atoms with Gasteiger partial charge in [-0.05, 0) is 56.2 Å². The molecule has 1 aromatic rings. The molecule has 0 saturated carbocycles. The van der Waals surface area contributed by atoms with Crippen molar-refractivity contribution in [2.75, 3.05) is 0 Å². The van der Waals surface area contributed by atoms with Crippen molar-refractivity contribution >= 4 is 50.1 Å². The molecule has 0 radical (unpaired) electrons. The van der Waals surface area contributed by atoms with Crippen molar-refractivity contribution in [2.45, 2.75) is 6.54 Å². The van der Waals surface area contributed by atoms with Crippen molar-refractivity contribution in [1.82, 2.24) is 0 Å². The number of benzene rings is 1. The molecule has 0 bridgehead atoms. The lowest BCUT2D eigenvalue weighted by Crippen LogP contribution is -1.97. The molecular weight excluding hydrogens is 340 g/mol. The molecule has 0 aliphatic carbocycles. The maximum absolute atomic E-state index is 5.94. The first-order chi connectivity index (χ1) is 5.15. The van der Waals surface area contributed by atoms with E-state index in [1.165, 1.54) is 0 Å². The average molecular weight is 346 g/mol. The van der Waals surface area contributed by atoms with Gasteiger partial charge in [0.15, 0.2) is 0 Å². The molecule has 0 spiro atoms. The summed E-state index contributed by atoms with van der Waals surface area (Å²) in [5, 5.41) is 0.716. The first-order valence-corrected chi connectivity index (χ1v) is 5.23. The van der Waals surface area contributed by atoms with E-state index in [4.69, 9.17) is 17.3 Å². The highest BCUT2D eigenvalue weighted by Crippen LogP contribution is 2.28. The second-order valence-corrected chi connectivity index (χ2v) is 4.54. The average Bonchev–Trinajstić information content (AvgIpc) is 1.96. The van der Waals surface area contributed by atoms with E-state index < -0.39 is 0 Å². The van der Waals surface area contributed by atoms with Gasteiger partial charge in [-0.15, -0.1) is 0 Å². The van der Waals surface area contributed by atoms with Crippen LogP contribution >= 0.6 is 50.1 Å². The lowest BCUT2D eigenvalue weighted by Gasteiger charge is -2.03. The van der Waals surface area contributed by atoms with Gasteiger partial charge in [-0.3, -0.25) is 0 Å². The molecule has 4 heteroatoms. The Morgan fingerprint density at radius 2 is 2.18 bits per heavy atom. The molecule has 60 valence electrons. The van der Waals surface area contributed by atoms with E-state index in [0.717, 1.165) is 13.6 Å². The molecule has 2 N–H and O–H groups in total. The third kappa shape index (κ3) is 2.31. The van der Waals surface area contributed by atoms with E-state index in [-0.39, 0.29) is 0 Å². The van der Waals surface area contributed by atoms with Gasteiger partial charge in [-0.1, -0.05) is 11.6 Å². The topological polar surface area (TPSA) is 26.0 Å². The van der Waals surface area contributed by atoms with Crippen LogP contribution in [0.15, 0.2) is 16.6 Å². The molecule has 0 aliphatic heterocycles. The van der Waals surface area contributed by atoms with Crippen LogP contribution in [0.4, 0.5) is 0 Å². The van der Waals surface area contributed by atoms with Crippen molar-refractivity contribution < 1.29 is 0 Å². The number of hydrogen-bond acceptors (Lipinski definition) is 1. The smallest absolute Gasteiger partial charge is 0.0593 e. The highest BCUT2D eigenvalue weighted by molar-refractivity contribution is 14.1. The fourth-order valence-electron chi connectivity index (χ4n) is 0.758. The second-order valence-electron chi connectivity index (χ2n) is 2.06. The Bertz CT molecular complexity index is 277. The molecule has 1 nitrogen and oxygen atoms in total. The fourth-order valence-corrected chi connectivity index (χ4v) is 2.56.